The van der Waals surface area contributed by atoms with Gasteiger partial charge in [0.1, 0.15) is 0 Å². The Bertz CT molecular complexity index is 2480. The zero-order valence-electron chi connectivity index (χ0n) is 32.2. The predicted octanol–water partition coefficient (Wildman–Crippen LogP) is 9.28. The van der Waals surface area contributed by atoms with Gasteiger partial charge in [0.2, 0.25) is 0 Å². The summed E-state index contributed by atoms with van der Waals surface area (Å²) >= 11 is 0. The first kappa shape index (κ1) is 45.5. The van der Waals surface area contributed by atoms with Crippen LogP contribution in [0.15, 0.2) is 237 Å². The molecule has 0 N–H and O–H groups in total. The number of benzene rings is 4. The summed E-state index contributed by atoms with van der Waals surface area (Å²) in [6.07, 6.45) is 6.81. The van der Waals surface area contributed by atoms with E-state index in [1.807, 2.05) is 97.1 Å². The van der Waals surface area contributed by atoms with Crippen LogP contribution in [0.3, 0.4) is 0 Å². The maximum atomic E-state index is 5.35. The molecule has 12 aromatic rings. The van der Waals surface area contributed by atoms with Crippen LogP contribution in [0.1, 0.15) is 0 Å². The number of hydrogen-bond acceptors (Lipinski definition) is 4. The van der Waals surface area contributed by atoms with Crippen molar-refractivity contribution in [2.45, 2.75) is 0 Å². The van der Waals surface area contributed by atoms with E-state index in [0.29, 0.717) is 0 Å². The first-order valence-corrected chi connectivity index (χ1v) is 18.5. The van der Waals surface area contributed by atoms with E-state index in [1.165, 1.54) is 43.1 Å². The van der Waals surface area contributed by atoms with Gasteiger partial charge in [0.25, 0.3) is 0 Å². The Morgan fingerprint density at radius 2 is 0.483 bits per heavy atom. The van der Waals surface area contributed by atoms with Gasteiger partial charge in [-0.05, 0) is 24.3 Å². The van der Waals surface area contributed by atoms with E-state index in [1.54, 1.807) is 25.1 Å². The molecule has 0 radical (unpaired) electrons. The summed E-state index contributed by atoms with van der Waals surface area (Å²) in [5.41, 5.74) is 4.60. The molecule has 0 unspecified atom stereocenters. The maximum absolute atomic E-state index is 5.35. The maximum Gasteiger partial charge on any atom is 2.00 e. The van der Waals surface area contributed by atoms with Gasteiger partial charge < -0.3 is 42.5 Å². The summed E-state index contributed by atoms with van der Waals surface area (Å²) in [6, 6.07) is 66.0. The molecule has 4 nitrogen and oxygen atoms in total. The van der Waals surface area contributed by atoms with Gasteiger partial charge >= 0.3 is 43.4 Å². The molecule has 0 aliphatic rings. The van der Waals surface area contributed by atoms with Crippen molar-refractivity contribution in [1.29, 1.82) is 0 Å². The Morgan fingerprint density at radius 1 is 0.267 bits per heavy atom. The molecule has 8 heteroatoms. The Kier molecular flexibility index (Phi) is 16.4. The van der Waals surface area contributed by atoms with Crippen LogP contribution in [0.25, 0.3) is 88.4 Å². The molecule has 0 bridgehead atoms. The molecule has 4 aromatic heterocycles. The second kappa shape index (κ2) is 21.6. The molecule has 60 heavy (non-hydrogen) atoms. The first-order valence-electron chi connectivity index (χ1n) is 18.5. The molecule has 0 aliphatic carbocycles. The first-order chi connectivity index (χ1) is 27.7. The van der Waals surface area contributed by atoms with Crippen LogP contribution in [-0.4, -0.2) is 0 Å². The predicted molar refractivity (Wildman–Crippen MR) is 229 cm³/mol. The molecule has 0 atom stereocenters. The fourth-order valence-electron chi connectivity index (χ4n) is 6.94. The topological polar surface area (TPSA) is 52.6 Å². The largest absolute Gasteiger partial charge is 2.00 e. The number of fused-ring (bicyclic) bond motifs is 4. The SMILES string of the molecule is [Cl-].[Cl-].[Ti+2].[Ti+2].c1coc(-c2cc3ccccc3[cH-]2)c1.c1coc(-c2cc3ccccc3[cH-]2)c1.c1coc(-c2cc3ccccc3[cH-]2)c1.c1coc(-c2cc3ccccc3[cH-]2)c1. The normalized spacial score (nSPS) is 10.1. The summed E-state index contributed by atoms with van der Waals surface area (Å²) in [7, 11) is 0. The third-order valence-corrected chi connectivity index (χ3v) is 9.69. The summed E-state index contributed by atoms with van der Waals surface area (Å²) in [5, 5.41) is 10.1. The third kappa shape index (κ3) is 10.6. The van der Waals surface area contributed by atoms with Gasteiger partial charge in [-0.15, -0.1) is 116 Å². The fourth-order valence-corrected chi connectivity index (χ4v) is 6.94. The van der Waals surface area contributed by atoms with Gasteiger partial charge in [0.15, 0.2) is 0 Å². The Morgan fingerprint density at radius 3 is 0.667 bits per heavy atom. The van der Waals surface area contributed by atoms with Crippen LogP contribution in [0.5, 0.6) is 0 Å². The van der Waals surface area contributed by atoms with Gasteiger partial charge in [0, 0.05) is 0 Å². The Labute approximate surface area is 390 Å². The second-order valence-corrected chi connectivity index (χ2v) is 13.4. The third-order valence-electron chi connectivity index (χ3n) is 9.69. The molecule has 0 saturated heterocycles. The Balaban J connectivity index is 0.000000148. The van der Waals surface area contributed by atoms with Crippen LogP contribution in [0.4, 0.5) is 0 Å². The molecule has 8 aromatic carbocycles. The number of halogens is 2. The number of rotatable bonds is 4. The molecular weight excluding hydrogens is 855 g/mol. The van der Waals surface area contributed by atoms with Crippen LogP contribution < -0.4 is 24.8 Å². The molecule has 4 heterocycles. The van der Waals surface area contributed by atoms with E-state index in [0.717, 1.165) is 45.3 Å². The van der Waals surface area contributed by atoms with E-state index < -0.39 is 0 Å². The smallest absolute Gasteiger partial charge is 1.00 e. The molecule has 292 valence electrons. The van der Waals surface area contributed by atoms with Crippen molar-refractivity contribution in [1.82, 2.24) is 0 Å². The Hall–Kier alpha value is -5.55. The van der Waals surface area contributed by atoms with Crippen LogP contribution in [-0.2, 0) is 43.4 Å². The average Bonchev–Trinajstić information content (AvgIpc) is 4.11. The molecule has 0 amide bonds. The van der Waals surface area contributed by atoms with Crippen LogP contribution in [0.2, 0.25) is 0 Å². The van der Waals surface area contributed by atoms with E-state index in [2.05, 4.69) is 97.1 Å². The van der Waals surface area contributed by atoms with Gasteiger partial charge in [-0.3, -0.25) is 0 Å². The van der Waals surface area contributed by atoms with Crippen molar-refractivity contribution in [2.75, 3.05) is 0 Å². The van der Waals surface area contributed by atoms with Crippen molar-refractivity contribution in [2.24, 2.45) is 0 Å². The van der Waals surface area contributed by atoms with Gasteiger partial charge in [-0.2, -0.15) is 0 Å². The zero-order valence-corrected chi connectivity index (χ0v) is 36.8. The van der Waals surface area contributed by atoms with E-state index in [-0.39, 0.29) is 68.2 Å². The van der Waals surface area contributed by atoms with E-state index in [9.17, 15) is 0 Å². The summed E-state index contributed by atoms with van der Waals surface area (Å²) in [6.45, 7) is 0. The van der Waals surface area contributed by atoms with Crippen molar-refractivity contribution in [3.05, 3.63) is 219 Å². The quantitative estimate of drug-likeness (QED) is 0.131. The van der Waals surface area contributed by atoms with E-state index in [4.69, 9.17) is 17.7 Å². The zero-order chi connectivity index (χ0) is 37.5. The molecule has 0 spiro atoms. The van der Waals surface area contributed by atoms with Gasteiger partial charge in [0.05, 0.1) is 48.1 Å². The summed E-state index contributed by atoms with van der Waals surface area (Å²) < 4.78 is 21.4. The molecule has 0 fully saturated rings. The molecular formula is C52H36Cl2O4Ti2-2. The summed E-state index contributed by atoms with van der Waals surface area (Å²) in [5.74, 6) is 3.73. The van der Waals surface area contributed by atoms with Gasteiger partial charge in [-0.1, -0.05) is 119 Å². The number of furan rings is 4. The average molecular weight is 891 g/mol. The summed E-state index contributed by atoms with van der Waals surface area (Å²) in [4.78, 5) is 0. The minimum Gasteiger partial charge on any atom is -1.00 e. The standard InChI is InChI=1S/4C13H9O.2ClH.2Ti/c4*1-2-5-11-9-12(8-10(11)4-1)13-6-3-7-14-13;;;;/h4*1-9H;2*1H;;/q4*-1;;;2*+2/p-2. The van der Waals surface area contributed by atoms with Crippen LogP contribution in [0, 0.1) is 0 Å². The van der Waals surface area contributed by atoms with Crippen molar-refractivity contribution >= 4 is 43.1 Å². The molecule has 0 aliphatic heterocycles. The minimum atomic E-state index is 0. The van der Waals surface area contributed by atoms with Crippen LogP contribution >= 0.6 is 0 Å². The molecule has 12 rings (SSSR count). The second-order valence-electron chi connectivity index (χ2n) is 13.4. The van der Waals surface area contributed by atoms with Gasteiger partial charge in [-0.25, -0.2) is 0 Å². The number of hydrogen-bond donors (Lipinski definition) is 0. The van der Waals surface area contributed by atoms with Crippen molar-refractivity contribution in [3.8, 4) is 45.3 Å². The van der Waals surface area contributed by atoms with E-state index >= 15 is 0 Å². The molecule has 0 saturated carbocycles. The minimum absolute atomic E-state index is 0. The monoisotopic (exact) mass is 890 g/mol. The van der Waals surface area contributed by atoms with Crippen molar-refractivity contribution in [3.63, 3.8) is 0 Å². The fraction of sp³-hybridized carbons (Fsp3) is 0. The van der Waals surface area contributed by atoms with Crippen molar-refractivity contribution < 1.29 is 85.9 Å².